The van der Waals surface area contributed by atoms with Crippen molar-refractivity contribution in [2.24, 2.45) is 0 Å². The fourth-order valence-electron chi connectivity index (χ4n) is 1.44. The van der Waals surface area contributed by atoms with Crippen LogP contribution in [0.4, 0.5) is 0 Å². The summed E-state index contributed by atoms with van der Waals surface area (Å²) in [5, 5.41) is 13.1. The van der Waals surface area contributed by atoms with E-state index in [1.54, 1.807) is 6.92 Å². The van der Waals surface area contributed by atoms with Gasteiger partial charge in [-0.2, -0.15) is 5.10 Å². The maximum absolute atomic E-state index is 10.8. The Hall–Kier alpha value is -1.32. The minimum absolute atomic E-state index is 0.472. The zero-order chi connectivity index (χ0) is 10.7. The molecule has 0 bridgehead atoms. The molecule has 0 aliphatic heterocycles. The molecule has 0 amide bonds. The maximum Gasteiger partial charge on any atom is 0.310 e. The monoisotopic (exact) mass is 196 g/mol. The Morgan fingerprint density at radius 2 is 2.36 bits per heavy atom. The highest BCUT2D eigenvalue weighted by molar-refractivity contribution is 5.75. The molecule has 0 spiro atoms. The lowest BCUT2D eigenvalue weighted by atomic mass is 10.0. The third-order valence-electron chi connectivity index (χ3n) is 2.27. The molecule has 1 aromatic rings. The predicted octanol–water partition coefficient (Wildman–Crippen LogP) is 1.79. The van der Waals surface area contributed by atoms with E-state index in [1.165, 1.54) is 0 Å². The van der Waals surface area contributed by atoms with Gasteiger partial charge in [0.2, 0.25) is 0 Å². The van der Waals surface area contributed by atoms with E-state index in [2.05, 4.69) is 12.0 Å². The van der Waals surface area contributed by atoms with Crippen LogP contribution in [-0.2, 0) is 11.3 Å². The minimum Gasteiger partial charge on any atom is -0.481 e. The number of aromatic nitrogens is 2. The predicted molar refractivity (Wildman–Crippen MR) is 53.3 cm³/mol. The van der Waals surface area contributed by atoms with Crippen molar-refractivity contribution in [1.29, 1.82) is 0 Å². The van der Waals surface area contributed by atoms with Crippen LogP contribution in [0.3, 0.4) is 0 Å². The van der Waals surface area contributed by atoms with Crippen LogP contribution in [0.15, 0.2) is 6.20 Å². The maximum atomic E-state index is 10.8. The number of carboxylic acids is 1. The molecule has 78 valence electrons. The molecular weight excluding hydrogens is 180 g/mol. The van der Waals surface area contributed by atoms with E-state index in [0.29, 0.717) is 0 Å². The van der Waals surface area contributed by atoms with Crippen molar-refractivity contribution < 1.29 is 9.90 Å². The van der Waals surface area contributed by atoms with Gasteiger partial charge in [-0.15, -0.1) is 0 Å². The first-order valence-corrected chi connectivity index (χ1v) is 4.83. The summed E-state index contributed by atoms with van der Waals surface area (Å²) < 4.78 is 1.81. The van der Waals surface area contributed by atoms with Gasteiger partial charge in [-0.05, 0) is 20.3 Å². The number of nitrogens with zero attached hydrogens (tertiary/aromatic N) is 2. The van der Waals surface area contributed by atoms with E-state index in [0.717, 1.165) is 24.2 Å². The summed E-state index contributed by atoms with van der Waals surface area (Å²) in [5.74, 6) is -1.27. The molecule has 4 heteroatoms. The zero-order valence-corrected chi connectivity index (χ0v) is 8.82. The average Bonchev–Trinajstić information content (AvgIpc) is 2.46. The van der Waals surface area contributed by atoms with E-state index in [4.69, 9.17) is 5.11 Å². The van der Waals surface area contributed by atoms with Gasteiger partial charge in [0.15, 0.2) is 0 Å². The van der Waals surface area contributed by atoms with Crippen molar-refractivity contribution in [2.45, 2.75) is 39.7 Å². The van der Waals surface area contributed by atoms with Gasteiger partial charge >= 0.3 is 5.97 Å². The van der Waals surface area contributed by atoms with Crippen molar-refractivity contribution in [3.05, 3.63) is 17.5 Å². The lowest BCUT2D eigenvalue weighted by Gasteiger charge is -2.02. The first-order chi connectivity index (χ1) is 6.56. The summed E-state index contributed by atoms with van der Waals surface area (Å²) in [6, 6.07) is 0. The Kier molecular flexibility index (Phi) is 3.28. The second-order valence-corrected chi connectivity index (χ2v) is 3.49. The third-order valence-corrected chi connectivity index (χ3v) is 2.27. The van der Waals surface area contributed by atoms with Gasteiger partial charge in [0.05, 0.1) is 11.6 Å². The summed E-state index contributed by atoms with van der Waals surface area (Å²) in [6.07, 6.45) is 2.83. The number of hydrogen-bond donors (Lipinski definition) is 1. The molecule has 0 aliphatic rings. The molecule has 0 radical (unpaired) electrons. The highest BCUT2D eigenvalue weighted by Crippen LogP contribution is 2.18. The molecule has 14 heavy (non-hydrogen) atoms. The van der Waals surface area contributed by atoms with Gasteiger partial charge in [-0.3, -0.25) is 9.48 Å². The summed E-state index contributed by atoms with van der Waals surface area (Å²) in [6.45, 7) is 6.44. The van der Waals surface area contributed by atoms with E-state index in [1.807, 2.05) is 17.8 Å². The van der Waals surface area contributed by atoms with Crippen LogP contribution in [-0.4, -0.2) is 20.9 Å². The SMILES string of the molecule is CCCn1cc(C(C)C(=O)O)c(C)n1. The van der Waals surface area contributed by atoms with Crippen molar-refractivity contribution in [2.75, 3.05) is 0 Å². The van der Waals surface area contributed by atoms with Gasteiger partial charge < -0.3 is 5.11 Å². The Morgan fingerprint density at radius 1 is 1.71 bits per heavy atom. The lowest BCUT2D eigenvalue weighted by Crippen LogP contribution is -2.07. The normalized spacial score (nSPS) is 12.8. The van der Waals surface area contributed by atoms with Crippen LogP contribution in [0.2, 0.25) is 0 Å². The largest absolute Gasteiger partial charge is 0.481 e. The molecule has 0 saturated heterocycles. The Balaban J connectivity index is 2.92. The molecule has 0 aromatic carbocycles. The number of aliphatic carboxylic acids is 1. The molecule has 1 rings (SSSR count). The lowest BCUT2D eigenvalue weighted by molar-refractivity contribution is -0.138. The van der Waals surface area contributed by atoms with Crippen molar-refractivity contribution in [3.63, 3.8) is 0 Å². The molecule has 0 fully saturated rings. The van der Waals surface area contributed by atoms with E-state index >= 15 is 0 Å². The van der Waals surface area contributed by atoms with Crippen molar-refractivity contribution in [1.82, 2.24) is 9.78 Å². The molecular formula is C10H16N2O2. The Labute approximate surface area is 83.5 Å². The molecule has 0 saturated carbocycles. The van der Waals surface area contributed by atoms with Crippen LogP contribution >= 0.6 is 0 Å². The zero-order valence-electron chi connectivity index (χ0n) is 8.82. The van der Waals surface area contributed by atoms with Gasteiger partial charge in [0, 0.05) is 18.3 Å². The summed E-state index contributed by atoms with van der Waals surface area (Å²) in [7, 11) is 0. The number of hydrogen-bond acceptors (Lipinski definition) is 2. The number of aryl methyl sites for hydroxylation is 2. The van der Waals surface area contributed by atoms with E-state index < -0.39 is 11.9 Å². The average molecular weight is 196 g/mol. The van der Waals surface area contributed by atoms with E-state index in [9.17, 15) is 4.79 Å². The van der Waals surface area contributed by atoms with Crippen LogP contribution < -0.4 is 0 Å². The number of carboxylic acid groups (broad SMARTS) is 1. The van der Waals surface area contributed by atoms with Gasteiger partial charge in [-0.25, -0.2) is 0 Å². The Morgan fingerprint density at radius 3 is 2.86 bits per heavy atom. The molecule has 1 atom stereocenters. The van der Waals surface area contributed by atoms with Crippen LogP contribution in [0.25, 0.3) is 0 Å². The summed E-state index contributed by atoms with van der Waals surface area (Å²) in [4.78, 5) is 10.8. The molecule has 1 heterocycles. The minimum atomic E-state index is -0.802. The molecule has 1 unspecified atom stereocenters. The highest BCUT2D eigenvalue weighted by Gasteiger charge is 2.18. The highest BCUT2D eigenvalue weighted by atomic mass is 16.4. The third kappa shape index (κ3) is 2.13. The van der Waals surface area contributed by atoms with Crippen molar-refractivity contribution in [3.8, 4) is 0 Å². The van der Waals surface area contributed by atoms with Gasteiger partial charge in [0.25, 0.3) is 0 Å². The molecule has 1 N–H and O–H groups in total. The standard InChI is InChI=1S/C10H16N2O2/c1-4-5-12-6-9(8(3)11-12)7(2)10(13)14/h6-7H,4-5H2,1-3H3,(H,13,14). The summed E-state index contributed by atoms with van der Waals surface area (Å²) >= 11 is 0. The molecule has 0 aliphatic carbocycles. The quantitative estimate of drug-likeness (QED) is 0.798. The van der Waals surface area contributed by atoms with Gasteiger partial charge in [0.1, 0.15) is 0 Å². The fraction of sp³-hybridized carbons (Fsp3) is 0.600. The van der Waals surface area contributed by atoms with E-state index in [-0.39, 0.29) is 0 Å². The second kappa shape index (κ2) is 4.26. The topological polar surface area (TPSA) is 55.1 Å². The van der Waals surface area contributed by atoms with Crippen LogP contribution in [0.5, 0.6) is 0 Å². The van der Waals surface area contributed by atoms with Crippen LogP contribution in [0.1, 0.15) is 37.4 Å². The number of rotatable bonds is 4. The Bertz CT molecular complexity index is 331. The van der Waals surface area contributed by atoms with Crippen molar-refractivity contribution >= 4 is 5.97 Å². The first-order valence-electron chi connectivity index (χ1n) is 4.83. The molecule has 1 aromatic heterocycles. The van der Waals surface area contributed by atoms with Gasteiger partial charge in [-0.1, -0.05) is 6.92 Å². The molecule has 4 nitrogen and oxygen atoms in total. The fourth-order valence-corrected chi connectivity index (χ4v) is 1.44. The second-order valence-electron chi connectivity index (χ2n) is 3.49. The van der Waals surface area contributed by atoms with Crippen LogP contribution in [0, 0.1) is 6.92 Å². The summed E-state index contributed by atoms with van der Waals surface area (Å²) in [5.41, 5.74) is 1.62. The number of carbonyl (C=O) groups is 1. The smallest absolute Gasteiger partial charge is 0.310 e. The first kappa shape index (κ1) is 10.8.